The Bertz CT molecular complexity index is 519. The topological polar surface area (TPSA) is 35.0 Å². The van der Waals surface area contributed by atoms with E-state index in [0.29, 0.717) is 16.8 Å². The highest BCUT2D eigenvalue weighted by molar-refractivity contribution is 9.10. The van der Waals surface area contributed by atoms with Gasteiger partial charge in [0, 0.05) is 16.4 Å². The smallest absolute Gasteiger partial charge is 0.322 e. The van der Waals surface area contributed by atoms with Crippen LogP contribution in [0, 0.1) is 6.92 Å². The Morgan fingerprint density at radius 2 is 2.12 bits per heavy atom. The van der Waals surface area contributed by atoms with Gasteiger partial charge in [0.05, 0.1) is 5.02 Å². The Hall–Kier alpha value is -1.13. The molecule has 0 saturated heterocycles. The van der Waals surface area contributed by atoms with Crippen molar-refractivity contribution in [1.82, 2.24) is 9.97 Å². The summed E-state index contributed by atoms with van der Waals surface area (Å²) in [5, 5.41) is 0.522. The molecule has 3 nitrogen and oxygen atoms in total. The first-order valence-corrected chi connectivity index (χ1v) is 5.75. The van der Waals surface area contributed by atoms with Gasteiger partial charge < -0.3 is 4.74 Å². The number of nitrogens with zero attached hydrogens (tertiary/aromatic N) is 2. The molecule has 16 heavy (non-hydrogen) atoms. The molecule has 1 aromatic heterocycles. The monoisotopic (exact) mass is 298 g/mol. The number of aryl methyl sites for hydroxylation is 1. The van der Waals surface area contributed by atoms with Crippen LogP contribution in [0.1, 0.15) is 5.69 Å². The standard InChI is InChI=1S/C11H8BrClN2O/c1-7-4-5-14-11(15-7)16-10-6-8(12)2-3-9(10)13/h2-6H,1H3. The van der Waals surface area contributed by atoms with Gasteiger partial charge in [-0.05, 0) is 31.2 Å². The fraction of sp³-hybridized carbons (Fsp3) is 0.0909. The van der Waals surface area contributed by atoms with E-state index in [2.05, 4.69) is 25.9 Å². The lowest BCUT2D eigenvalue weighted by Crippen LogP contribution is -1.93. The first kappa shape index (κ1) is 11.4. The normalized spacial score (nSPS) is 10.2. The van der Waals surface area contributed by atoms with Crippen molar-refractivity contribution < 1.29 is 4.74 Å². The van der Waals surface area contributed by atoms with Crippen molar-refractivity contribution >= 4 is 27.5 Å². The second-order valence-corrected chi connectivity index (χ2v) is 4.48. The molecule has 0 bridgehead atoms. The molecule has 0 N–H and O–H groups in total. The van der Waals surface area contributed by atoms with E-state index in [9.17, 15) is 0 Å². The second-order valence-electron chi connectivity index (χ2n) is 3.16. The van der Waals surface area contributed by atoms with E-state index in [4.69, 9.17) is 16.3 Å². The second kappa shape index (κ2) is 4.80. The van der Waals surface area contributed by atoms with Crippen molar-refractivity contribution in [2.75, 3.05) is 0 Å². The SMILES string of the molecule is Cc1ccnc(Oc2cc(Br)ccc2Cl)n1. The first-order valence-electron chi connectivity index (χ1n) is 4.58. The molecule has 0 spiro atoms. The molecule has 0 atom stereocenters. The summed E-state index contributed by atoms with van der Waals surface area (Å²) in [6.45, 7) is 1.87. The van der Waals surface area contributed by atoms with Crippen LogP contribution in [-0.2, 0) is 0 Å². The number of ether oxygens (including phenoxy) is 1. The van der Waals surface area contributed by atoms with Crippen LogP contribution in [0.5, 0.6) is 11.8 Å². The molecular weight excluding hydrogens is 291 g/mol. The molecule has 0 amide bonds. The third kappa shape index (κ3) is 2.71. The summed E-state index contributed by atoms with van der Waals surface area (Å²) in [6.07, 6.45) is 1.64. The molecule has 1 heterocycles. The van der Waals surface area contributed by atoms with Gasteiger partial charge in [0.2, 0.25) is 0 Å². The van der Waals surface area contributed by atoms with Crippen LogP contribution in [0.3, 0.4) is 0 Å². The fourth-order valence-electron chi connectivity index (χ4n) is 1.13. The van der Waals surface area contributed by atoms with Crippen LogP contribution in [0.25, 0.3) is 0 Å². The largest absolute Gasteiger partial charge is 0.423 e. The Morgan fingerprint density at radius 1 is 1.31 bits per heavy atom. The summed E-state index contributed by atoms with van der Waals surface area (Å²) in [5.74, 6) is 0.529. The number of benzene rings is 1. The molecule has 0 saturated carbocycles. The summed E-state index contributed by atoms with van der Waals surface area (Å²) >= 11 is 9.33. The Kier molecular flexibility index (Phi) is 3.41. The highest BCUT2D eigenvalue weighted by Crippen LogP contribution is 2.30. The van der Waals surface area contributed by atoms with Crippen LogP contribution < -0.4 is 4.74 Å². The zero-order valence-electron chi connectivity index (χ0n) is 8.45. The number of hydrogen-bond donors (Lipinski definition) is 0. The molecule has 2 rings (SSSR count). The molecule has 5 heteroatoms. The fourth-order valence-corrected chi connectivity index (χ4v) is 1.63. The van der Waals surface area contributed by atoms with Crippen molar-refractivity contribution in [2.24, 2.45) is 0 Å². The van der Waals surface area contributed by atoms with Crippen LogP contribution in [-0.4, -0.2) is 9.97 Å². The summed E-state index contributed by atoms with van der Waals surface area (Å²) in [7, 11) is 0. The maximum Gasteiger partial charge on any atom is 0.322 e. The van der Waals surface area contributed by atoms with E-state index in [1.54, 1.807) is 24.4 Å². The number of hydrogen-bond acceptors (Lipinski definition) is 3. The van der Waals surface area contributed by atoms with Crippen LogP contribution in [0.15, 0.2) is 34.9 Å². The zero-order valence-corrected chi connectivity index (χ0v) is 10.8. The minimum absolute atomic E-state index is 0.292. The Labute approximate surface area is 107 Å². The van der Waals surface area contributed by atoms with E-state index in [0.717, 1.165) is 10.2 Å². The van der Waals surface area contributed by atoms with Gasteiger partial charge in [0.15, 0.2) is 5.75 Å². The van der Waals surface area contributed by atoms with Crippen molar-refractivity contribution in [3.05, 3.63) is 45.7 Å². The maximum absolute atomic E-state index is 5.98. The number of rotatable bonds is 2. The van der Waals surface area contributed by atoms with Crippen LogP contribution in [0.2, 0.25) is 5.02 Å². The van der Waals surface area contributed by atoms with Crippen molar-refractivity contribution in [3.63, 3.8) is 0 Å². The van der Waals surface area contributed by atoms with Crippen LogP contribution in [0.4, 0.5) is 0 Å². The molecule has 82 valence electrons. The van der Waals surface area contributed by atoms with Gasteiger partial charge in [-0.3, -0.25) is 0 Å². The number of halogens is 2. The maximum atomic E-state index is 5.98. The average molecular weight is 300 g/mol. The average Bonchev–Trinajstić information content (AvgIpc) is 2.24. The zero-order chi connectivity index (χ0) is 11.5. The van der Waals surface area contributed by atoms with E-state index in [1.165, 1.54) is 0 Å². The minimum atomic E-state index is 0.292. The molecule has 0 aliphatic rings. The summed E-state index contributed by atoms with van der Waals surface area (Å²) in [5.41, 5.74) is 0.844. The molecule has 0 unspecified atom stereocenters. The van der Waals surface area contributed by atoms with Gasteiger partial charge in [-0.2, -0.15) is 0 Å². The van der Waals surface area contributed by atoms with E-state index in [-0.39, 0.29) is 0 Å². The Balaban J connectivity index is 2.30. The summed E-state index contributed by atoms with van der Waals surface area (Å²) in [4.78, 5) is 8.13. The molecule has 0 aliphatic heterocycles. The van der Waals surface area contributed by atoms with Gasteiger partial charge in [-0.25, -0.2) is 9.97 Å². The lowest BCUT2D eigenvalue weighted by molar-refractivity contribution is 0.440. The third-order valence-corrected chi connectivity index (χ3v) is 2.67. The van der Waals surface area contributed by atoms with Crippen molar-refractivity contribution in [3.8, 4) is 11.8 Å². The van der Waals surface area contributed by atoms with Gasteiger partial charge in [0.25, 0.3) is 0 Å². The minimum Gasteiger partial charge on any atom is -0.423 e. The number of aromatic nitrogens is 2. The molecule has 2 aromatic rings. The predicted molar refractivity (Wildman–Crippen MR) is 66.0 cm³/mol. The molecule has 0 aliphatic carbocycles. The molecule has 1 aromatic carbocycles. The molecule has 0 radical (unpaired) electrons. The van der Waals surface area contributed by atoms with E-state index < -0.39 is 0 Å². The highest BCUT2D eigenvalue weighted by atomic mass is 79.9. The Morgan fingerprint density at radius 3 is 2.88 bits per heavy atom. The third-order valence-electron chi connectivity index (χ3n) is 1.87. The molecular formula is C11H8BrClN2O. The van der Waals surface area contributed by atoms with Crippen molar-refractivity contribution in [2.45, 2.75) is 6.92 Å². The van der Waals surface area contributed by atoms with Crippen molar-refractivity contribution in [1.29, 1.82) is 0 Å². The van der Waals surface area contributed by atoms with E-state index >= 15 is 0 Å². The quantitative estimate of drug-likeness (QED) is 0.841. The van der Waals surface area contributed by atoms with E-state index in [1.807, 2.05) is 13.0 Å². The first-order chi connectivity index (χ1) is 7.65. The lowest BCUT2D eigenvalue weighted by atomic mass is 10.3. The summed E-state index contributed by atoms with van der Waals surface area (Å²) < 4.78 is 6.38. The van der Waals surface area contributed by atoms with Gasteiger partial charge in [-0.15, -0.1) is 0 Å². The predicted octanol–water partition coefficient (Wildman–Crippen LogP) is 3.99. The molecule has 0 fully saturated rings. The van der Waals surface area contributed by atoms with Gasteiger partial charge in [-0.1, -0.05) is 27.5 Å². The highest BCUT2D eigenvalue weighted by Gasteiger charge is 2.05. The lowest BCUT2D eigenvalue weighted by Gasteiger charge is -2.06. The van der Waals surface area contributed by atoms with Gasteiger partial charge in [0.1, 0.15) is 0 Å². The van der Waals surface area contributed by atoms with Crippen LogP contribution >= 0.6 is 27.5 Å². The summed E-state index contributed by atoms with van der Waals surface area (Å²) in [6, 6.07) is 7.45. The van der Waals surface area contributed by atoms with Gasteiger partial charge >= 0.3 is 6.01 Å².